The number of fused-ring (bicyclic) bond motifs is 1. The van der Waals surface area contributed by atoms with Gasteiger partial charge in [-0.25, -0.2) is 4.79 Å². The molecule has 1 fully saturated rings. The molecule has 0 aliphatic carbocycles. The number of carbonyl (C=O) groups excluding carboxylic acids is 3. The molecule has 1 aromatic carbocycles. The molecule has 2 heterocycles. The topological polar surface area (TPSA) is 184 Å². The van der Waals surface area contributed by atoms with Crippen molar-refractivity contribution in [2.75, 3.05) is 13.1 Å². The number of nitrogens with zero attached hydrogens (tertiary/aromatic N) is 1. The van der Waals surface area contributed by atoms with Gasteiger partial charge in [0, 0.05) is 30.1 Å². The average molecular weight is 501 g/mol. The number of hydrogen-bond donors (Lipinski definition) is 6. The Kier molecular flexibility index (Phi) is 9.43. The minimum Gasteiger partial charge on any atom is -0.480 e. The number of carboxylic acid groups (broad SMARTS) is 1. The lowest BCUT2D eigenvalue weighted by molar-refractivity contribution is -0.143. The molecule has 0 saturated carbocycles. The minimum atomic E-state index is -1.15. The summed E-state index contributed by atoms with van der Waals surface area (Å²) in [7, 11) is 0. The SMILES string of the molecule is CC(N)C(=O)N1CCCC1C(=O)NC(Cc1c[nH]c2ccccc12)C(=O)NC(CCCCN)C(=O)O. The molecule has 0 spiro atoms. The molecule has 1 aromatic heterocycles. The zero-order valence-electron chi connectivity index (χ0n) is 20.5. The van der Waals surface area contributed by atoms with E-state index in [0.29, 0.717) is 38.8 Å². The molecule has 1 aliphatic rings. The van der Waals surface area contributed by atoms with Crippen molar-refractivity contribution in [1.29, 1.82) is 0 Å². The number of para-hydroxylation sites is 1. The Balaban J connectivity index is 1.81. The second-order valence-electron chi connectivity index (χ2n) is 9.29. The monoisotopic (exact) mass is 500 g/mol. The molecule has 196 valence electrons. The number of hydrogen-bond acceptors (Lipinski definition) is 6. The number of rotatable bonds is 12. The Bertz CT molecular complexity index is 1080. The van der Waals surface area contributed by atoms with E-state index < -0.39 is 42.0 Å². The van der Waals surface area contributed by atoms with Crippen LogP contribution in [0.1, 0.15) is 44.6 Å². The Labute approximate surface area is 210 Å². The molecule has 11 heteroatoms. The lowest BCUT2D eigenvalue weighted by Gasteiger charge is -2.28. The van der Waals surface area contributed by atoms with Crippen LogP contribution in [0.25, 0.3) is 10.9 Å². The molecule has 4 unspecified atom stereocenters. The fourth-order valence-electron chi connectivity index (χ4n) is 4.58. The second kappa shape index (κ2) is 12.5. The Morgan fingerprint density at radius 1 is 1.17 bits per heavy atom. The average Bonchev–Trinajstić information content (AvgIpc) is 3.50. The number of benzene rings is 1. The summed E-state index contributed by atoms with van der Waals surface area (Å²) in [6.45, 7) is 2.41. The van der Waals surface area contributed by atoms with Gasteiger partial charge in [-0.1, -0.05) is 18.2 Å². The van der Waals surface area contributed by atoms with Crippen LogP contribution in [0.2, 0.25) is 0 Å². The van der Waals surface area contributed by atoms with Crippen LogP contribution in [0, 0.1) is 0 Å². The van der Waals surface area contributed by atoms with E-state index in [1.165, 1.54) is 4.90 Å². The number of nitrogens with one attached hydrogen (secondary N) is 3. The van der Waals surface area contributed by atoms with Gasteiger partial charge < -0.3 is 37.1 Å². The molecular weight excluding hydrogens is 464 g/mol. The van der Waals surface area contributed by atoms with Gasteiger partial charge in [0.15, 0.2) is 0 Å². The van der Waals surface area contributed by atoms with E-state index >= 15 is 0 Å². The Morgan fingerprint density at radius 2 is 1.92 bits per heavy atom. The number of nitrogens with two attached hydrogens (primary N) is 2. The van der Waals surface area contributed by atoms with Crippen molar-refractivity contribution < 1.29 is 24.3 Å². The van der Waals surface area contributed by atoms with Crippen LogP contribution in [-0.2, 0) is 25.6 Å². The maximum atomic E-state index is 13.3. The summed E-state index contributed by atoms with van der Waals surface area (Å²) in [6.07, 6.45) is 4.44. The highest BCUT2D eigenvalue weighted by atomic mass is 16.4. The first-order valence-electron chi connectivity index (χ1n) is 12.4. The third kappa shape index (κ3) is 6.61. The van der Waals surface area contributed by atoms with Crippen LogP contribution in [0.4, 0.5) is 0 Å². The van der Waals surface area contributed by atoms with Crippen molar-refractivity contribution in [1.82, 2.24) is 20.5 Å². The highest BCUT2D eigenvalue weighted by molar-refractivity contribution is 5.95. The minimum absolute atomic E-state index is 0.144. The van der Waals surface area contributed by atoms with Gasteiger partial charge in [0.2, 0.25) is 17.7 Å². The normalized spacial score (nSPS) is 18.0. The zero-order valence-corrected chi connectivity index (χ0v) is 20.5. The Hall–Kier alpha value is -3.44. The number of H-pyrrole nitrogens is 1. The van der Waals surface area contributed by atoms with Crippen LogP contribution in [0.5, 0.6) is 0 Å². The molecule has 8 N–H and O–H groups in total. The zero-order chi connectivity index (χ0) is 26.2. The van der Waals surface area contributed by atoms with Gasteiger partial charge in [-0.2, -0.15) is 0 Å². The largest absolute Gasteiger partial charge is 0.480 e. The van der Waals surface area contributed by atoms with Crippen molar-refractivity contribution >= 4 is 34.6 Å². The standard InChI is InChI=1S/C25H36N6O5/c1-15(27)24(34)31-12-6-10-21(31)23(33)30-20(13-16-14-28-18-8-3-2-7-17(16)18)22(32)29-19(25(35)36)9-4-5-11-26/h2-3,7-8,14-15,19-21,28H,4-6,9-13,26-27H2,1H3,(H,29,32)(H,30,33)(H,35,36). The molecular formula is C25H36N6O5. The number of aliphatic carboxylic acids is 1. The number of amides is 3. The van der Waals surface area contributed by atoms with Crippen molar-refractivity contribution in [3.05, 3.63) is 36.0 Å². The van der Waals surface area contributed by atoms with Gasteiger partial charge in [0.25, 0.3) is 0 Å². The summed E-state index contributed by atoms with van der Waals surface area (Å²) in [6, 6.07) is 3.95. The van der Waals surface area contributed by atoms with Crippen molar-refractivity contribution in [2.24, 2.45) is 11.5 Å². The van der Waals surface area contributed by atoms with Gasteiger partial charge in [-0.3, -0.25) is 14.4 Å². The fourth-order valence-corrected chi connectivity index (χ4v) is 4.58. The molecule has 2 aromatic rings. The fraction of sp³-hybridized carbons (Fsp3) is 0.520. The van der Waals surface area contributed by atoms with Crippen LogP contribution in [0.3, 0.4) is 0 Å². The first-order chi connectivity index (χ1) is 17.2. The number of carboxylic acids is 1. The van der Waals surface area contributed by atoms with Crippen molar-refractivity contribution in [3.8, 4) is 0 Å². The van der Waals surface area contributed by atoms with E-state index in [9.17, 15) is 24.3 Å². The third-order valence-electron chi connectivity index (χ3n) is 6.52. The van der Waals surface area contributed by atoms with Crippen LogP contribution in [-0.4, -0.2) is 75.9 Å². The molecule has 36 heavy (non-hydrogen) atoms. The van der Waals surface area contributed by atoms with Crippen LogP contribution < -0.4 is 22.1 Å². The number of unbranched alkanes of at least 4 members (excludes halogenated alkanes) is 1. The maximum Gasteiger partial charge on any atom is 0.326 e. The first-order valence-corrected chi connectivity index (χ1v) is 12.4. The summed E-state index contributed by atoms with van der Waals surface area (Å²) < 4.78 is 0. The molecule has 0 bridgehead atoms. The highest BCUT2D eigenvalue weighted by Crippen LogP contribution is 2.21. The molecule has 1 aliphatic heterocycles. The summed E-state index contributed by atoms with van der Waals surface area (Å²) >= 11 is 0. The Morgan fingerprint density at radius 3 is 2.61 bits per heavy atom. The quantitative estimate of drug-likeness (QED) is 0.225. The molecule has 3 rings (SSSR count). The van der Waals surface area contributed by atoms with Gasteiger partial charge in [-0.05, 0) is 57.2 Å². The molecule has 0 radical (unpaired) electrons. The summed E-state index contributed by atoms with van der Waals surface area (Å²) in [5.74, 6) is -2.54. The van der Waals surface area contributed by atoms with E-state index in [2.05, 4.69) is 15.6 Å². The summed E-state index contributed by atoms with van der Waals surface area (Å²) in [5, 5.41) is 15.9. The van der Waals surface area contributed by atoms with Crippen molar-refractivity contribution in [2.45, 2.75) is 69.6 Å². The first kappa shape index (κ1) is 27.2. The van der Waals surface area contributed by atoms with Gasteiger partial charge in [0.05, 0.1) is 6.04 Å². The lowest BCUT2D eigenvalue weighted by Crippen LogP contribution is -2.57. The summed E-state index contributed by atoms with van der Waals surface area (Å²) in [4.78, 5) is 55.4. The van der Waals surface area contributed by atoms with Gasteiger partial charge in [-0.15, -0.1) is 0 Å². The number of aromatic nitrogens is 1. The number of aromatic amines is 1. The van der Waals surface area contributed by atoms with Crippen molar-refractivity contribution in [3.63, 3.8) is 0 Å². The smallest absolute Gasteiger partial charge is 0.326 e. The summed E-state index contributed by atoms with van der Waals surface area (Å²) in [5.41, 5.74) is 12.9. The molecule has 1 saturated heterocycles. The molecule has 11 nitrogen and oxygen atoms in total. The van der Waals surface area contributed by atoms with E-state index in [1.54, 1.807) is 13.1 Å². The van der Waals surface area contributed by atoms with E-state index in [4.69, 9.17) is 11.5 Å². The third-order valence-corrected chi connectivity index (χ3v) is 6.52. The van der Waals surface area contributed by atoms with E-state index in [1.807, 2.05) is 24.3 Å². The molecule has 3 amide bonds. The predicted octanol–water partition coefficient (Wildman–Crippen LogP) is 0.232. The highest BCUT2D eigenvalue weighted by Gasteiger charge is 2.37. The second-order valence-corrected chi connectivity index (χ2v) is 9.29. The maximum absolute atomic E-state index is 13.3. The predicted molar refractivity (Wildman–Crippen MR) is 135 cm³/mol. The van der Waals surface area contributed by atoms with E-state index in [-0.39, 0.29) is 18.7 Å². The molecule has 4 atom stereocenters. The van der Waals surface area contributed by atoms with Crippen LogP contribution in [0.15, 0.2) is 30.5 Å². The number of likely N-dealkylation sites (tertiary alicyclic amines) is 1. The van der Waals surface area contributed by atoms with Crippen LogP contribution >= 0.6 is 0 Å². The van der Waals surface area contributed by atoms with Gasteiger partial charge in [0.1, 0.15) is 18.1 Å². The lowest BCUT2D eigenvalue weighted by atomic mass is 10.0. The number of carbonyl (C=O) groups is 4. The van der Waals surface area contributed by atoms with E-state index in [0.717, 1.165) is 16.5 Å². The van der Waals surface area contributed by atoms with Gasteiger partial charge >= 0.3 is 5.97 Å².